The Morgan fingerprint density at radius 2 is 2.06 bits per heavy atom. The average molecular weight is 252 g/mol. The van der Waals surface area contributed by atoms with E-state index in [4.69, 9.17) is 14.7 Å². The first-order chi connectivity index (χ1) is 8.63. The van der Waals surface area contributed by atoms with Crippen LogP contribution >= 0.6 is 0 Å². The summed E-state index contributed by atoms with van der Waals surface area (Å²) in [5, 5.41) is 11.8. The van der Waals surface area contributed by atoms with Crippen LogP contribution in [-0.4, -0.2) is 31.2 Å². The minimum absolute atomic E-state index is 0.0661. The van der Waals surface area contributed by atoms with Crippen LogP contribution in [0.2, 0.25) is 0 Å². The zero-order chi connectivity index (χ0) is 13.5. The maximum atomic E-state index is 11.5. The predicted octanol–water partition coefficient (Wildman–Crippen LogP) is 0.642. The van der Waals surface area contributed by atoms with Gasteiger partial charge in [0.1, 0.15) is 12.1 Å². The molecule has 0 radical (unpaired) electrons. The van der Waals surface area contributed by atoms with E-state index in [2.05, 4.69) is 5.32 Å². The fraction of sp³-hybridized carbons (Fsp3) is 0.583. The number of esters is 2. The van der Waals surface area contributed by atoms with Gasteiger partial charge in [-0.1, -0.05) is 0 Å². The van der Waals surface area contributed by atoms with Gasteiger partial charge < -0.3 is 14.8 Å². The van der Waals surface area contributed by atoms with Crippen LogP contribution in [0.25, 0.3) is 0 Å². The minimum atomic E-state index is -0.660. The zero-order valence-electron chi connectivity index (χ0n) is 10.5. The molecule has 0 aliphatic carbocycles. The molecule has 1 aliphatic heterocycles. The molecule has 1 heterocycles. The van der Waals surface area contributed by atoms with Crippen molar-refractivity contribution in [1.29, 1.82) is 5.26 Å². The minimum Gasteiger partial charge on any atom is -0.464 e. The molecule has 0 unspecified atom stereocenters. The van der Waals surface area contributed by atoms with Crippen LogP contribution in [-0.2, 0) is 19.1 Å². The van der Waals surface area contributed by atoms with Crippen molar-refractivity contribution in [3.05, 3.63) is 11.3 Å². The molecular formula is C12H16N2O4. The van der Waals surface area contributed by atoms with Gasteiger partial charge in [-0.05, 0) is 26.7 Å². The Morgan fingerprint density at radius 3 is 2.61 bits per heavy atom. The number of ether oxygens (including phenoxy) is 2. The van der Waals surface area contributed by atoms with E-state index in [1.54, 1.807) is 13.8 Å². The summed E-state index contributed by atoms with van der Waals surface area (Å²) < 4.78 is 9.65. The van der Waals surface area contributed by atoms with E-state index in [1.165, 1.54) is 0 Å². The van der Waals surface area contributed by atoms with Crippen molar-refractivity contribution in [1.82, 2.24) is 5.32 Å². The average Bonchev–Trinajstić information content (AvgIpc) is 2.80. The highest BCUT2D eigenvalue weighted by molar-refractivity contribution is 5.94. The highest BCUT2D eigenvalue weighted by Crippen LogP contribution is 2.20. The molecule has 0 aromatic rings. The monoisotopic (exact) mass is 252 g/mol. The normalized spacial score (nSPS) is 20.6. The Hall–Kier alpha value is -2.03. The van der Waals surface area contributed by atoms with E-state index in [-0.39, 0.29) is 18.1 Å². The summed E-state index contributed by atoms with van der Waals surface area (Å²) in [6, 6.07) is 1.32. The lowest BCUT2D eigenvalue weighted by molar-refractivity contribution is -0.145. The van der Waals surface area contributed by atoms with Crippen LogP contribution in [0, 0.1) is 11.3 Å². The first kappa shape index (κ1) is 14.0. The third kappa shape index (κ3) is 3.23. The number of hydrogen-bond donors (Lipinski definition) is 1. The van der Waals surface area contributed by atoms with Crippen LogP contribution < -0.4 is 5.32 Å². The summed E-state index contributed by atoms with van der Waals surface area (Å²) in [5.74, 6) is -1.03. The molecule has 0 aromatic carbocycles. The van der Waals surface area contributed by atoms with E-state index in [0.29, 0.717) is 25.1 Å². The molecule has 1 N–H and O–H groups in total. The number of allylic oxidation sites excluding steroid dienone is 1. The Bertz CT molecular complexity index is 409. The summed E-state index contributed by atoms with van der Waals surface area (Å²) in [6.07, 6.45) is 0.976. The number of carbonyl (C=O) groups excluding carboxylic acids is 2. The number of nitrogens with one attached hydrogen (secondary N) is 1. The van der Waals surface area contributed by atoms with Gasteiger partial charge in [0, 0.05) is 5.70 Å². The molecule has 0 saturated carbocycles. The molecular weight excluding hydrogens is 236 g/mol. The van der Waals surface area contributed by atoms with Crippen LogP contribution in [0.1, 0.15) is 26.7 Å². The second kappa shape index (κ2) is 6.64. The van der Waals surface area contributed by atoms with Crippen molar-refractivity contribution in [2.75, 3.05) is 13.2 Å². The third-order valence-corrected chi connectivity index (χ3v) is 2.50. The van der Waals surface area contributed by atoms with Gasteiger partial charge in [0.2, 0.25) is 0 Å². The van der Waals surface area contributed by atoms with Gasteiger partial charge in [0.05, 0.1) is 13.2 Å². The third-order valence-electron chi connectivity index (χ3n) is 2.50. The summed E-state index contributed by atoms with van der Waals surface area (Å²) in [6.45, 7) is 3.90. The lowest BCUT2D eigenvalue weighted by atomic mass is 10.1. The number of carbonyl (C=O) groups is 2. The fourth-order valence-electron chi connectivity index (χ4n) is 1.70. The molecule has 0 spiro atoms. The molecule has 0 bridgehead atoms. The molecule has 0 aromatic heterocycles. The lowest BCUT2D eigenvalue weighted by Gasteiger charge is -2.10. The Kier molecular flexibility index (Phi) is 5.18. The quantitative estimate of drug-likeness (QED) is 0.449. The summed E-state index contributed by atoms with van der Waals surface area (Å²) in [4.78, 5) is 23.0. The lowest BCUT2D eigenvalue weighted by Crippen LogP contribution is -2.32. The molecule has 6 nitrogen and oxygen atoms in total. The first-order valence-electron chi connectivity index (χ1n) is 5.87. The van der Waals surface area contributed by atoms with Gasteiger partial charge in [0.25, 0.3) is 0 Å². The van der Waals surface area contributed by atoms with Crippen LogP contribution in [0.5, 0.6) is 0 Å². The van der Waals surface area contributed by atoms with Crippen molar-refractivity contribution in [2.24, 2.45) is 0 Å². The highest BCUT2D eigenvalue weighted by atomic mass is 16.5. The van der Waals surface area contributed by atoms with Gasteiger partial charge in [0.15, 0.2) is 5.57 Å². The molecule has 1 rings (SSSR count). The predicted molar refractivity (Wildman–Crippen MR) is 62.1 cm³/mol. The van der Waals surface area contributed by atoms with Gasteiger partial charge in [-0.3, -0.25) is 0 Å². The second-order valence-electron chi connectivity index (χ2n) is 3.67. The number of nitrogens with zero attached hydrogens (tertiary/aromatic N) is 1. The summed E-state index contributed by atoms with van der Waals surface area (Å²) in [5.41, 5.74) is 0.387. The fourth-order valence-corrected chi connectivity index (χ4v) is 1.70. The van der Waals surface area contributed by atoms with Crippen molar-refractivity contribution < 1.29 is 19.1 Å². The second-order valence-corrected chi connectivity index (χ2v) is 3.67. The zero-order valence-corrected chi connectivity index (χ0v) is 10.5. The van der Waals surface area contributed by atoms with Gasteiger partial charge in [-0.15, -0.1) is 0 Å². The van der Waals surface area contributed by atoms with Crippen LogP contribution in [0.3, 0.4) is 0 Å². The van der Waals surface area contributed by atoms with E-state index in [9.17, 15) is 9.59 Å². The van der Waals surface area contributed by atoms with E-state index in [1.807, 2.05) is 6.07 Å². The maximum absolute atomic E-state index is 11.5. The Labute approximate surface area is 106 Å². The smallest absolute Gasteiger partial charge is 0.350 e. The number of nitriles is 1. The number of hydrogen-bond acceptors (Lipinski definition) is 6. The molecule has 1 saturated heterocycles. The summed E-state index contributed by atoms with van der Waals surface area (Å²) in [7, 11) is 0. The van der Waals surface area contributed by atoms with E-state index >= 15 is 0 Å². The van der Waals surface area contributed by atoms with E-state index in [0.717, 1.165) is 0 Å². The van der Waals surface area contributed by atoms with Crippen molar-refractivity contribution in [3.8, 4) is 6.07 Å². The standard InChI is InChI=1S/C12H16N2O4/c1-3-17-11(15)8(7-13)9-5-6-10(14-9)12(16)18-4-2/h10,14H,3-6H2,1-2H3/b9-8+/t10-/m0/s1. The van der Waals surface area contributed by atoms with Crippen molar-refractivity contribution in [2.45, 2.75) is 32.7 Å². The van der Waals surface area contributed by atoms with Crippen molar-refractivity contribution in [3.63, 3.8) is 0 Å². The van der Waals surface area contributed by atoms with Crippen LogP contribution in [0.15, 0.2) is 11.3 Å². The SMILES string of the molecule is CCOC(=O)/C(C#N)=C1\CC[C@@H](C(=O)OCC)N1. The summed E-state index contributed by atoms with van der Waals surface area (Å²) >= 11 is 0. The largest absolute Gasteiger partial charge is 0.464 e. The topological polar surface area (TPSA) is 88.4 Å². The van der Waals surface area contributed by atoms with Gasteiger partial charge in [-0.2, -0.15) is 5.26 Å². The maximum Gasteiger partial charge on any atom is 0.350 e. The molecule has 0 amide bonds. The molecule has 18 heavy (non-hydrogen) atoms. The molecule has 1 fully saturated rings. The van der Waals surface area contributed by atoms with E-state index < -0.39 is 12.0 Å². The van der Waals surface area contributed by atoms with Gasteiger partial charge in [-0.25, -0.2) is 9.59 Å². The molecule has 98 valence electrons. The number of rotatable bonds is 4. The highest BCUT2D eigenvalue weighted by Gasteiger charge is 2.30. The molecule has 1 atom stereocenters. The van der Waals surface area contributed by atoms with Crippen molar-refractivity contribution >= 4 is 11.9 Å². The molecule has 6 heteroatoms. The van der Waals surface area contributed by atoms with Gasteiger partial charge >= 0.3 is 11.9 Å². The first-order valence-corrected chi connectivity index (χ1v) is 5.87. The van der Waals surface area contributed by atoms with Crippen LogP contribution in [0.4, 0.5) is 0 Å². The molecule has 1 aliphatic rings. The Balaban J connectivity index is 2.76. The Morgan fingerprint density at radius 1 is 1.39 bits per heavy atom.